The van der Waals surface area contributed by atoms with Crippen LogP contribution < -0.4 is 5.48 Å². The van der Waals surface area contributed by atoms with Gasteiger partial charge in [0.2, 0.25) is 0 Å². The second-order valence-electron chi connectivity index (χ2n) is 3.93. The normalized spacial score (nSPS) is 10.6. The highest BCUT2D eigenvalue weighted by molar-refractivity contribution is 5.13. The molecule has 1 aromatic carbocycles. The van der Waals surface area contributed by atoms with Crippen LogP contribution in [0, 0.1) is 6.92 Å². The van der Waals surface area contributed by atoms with Crippen molar-refractivity contribution in [2.24, 2.45) is 0 Å². The predicted octanol–water partition coefficient (Wildman–Crippen LogP) is 2.85. The molecule has 2 aromatic rings. The van der Waals surface area contributed by atoms with Gasteiger partial charge in [-0.3, -0.25) is 4.84 Å². The molecule has 1 N–H and O–H groups in total. The van der Waals surface area contributed by atoms with E-state index in [2.05, 4.69) is 5.48 Å². The molecule has 0 fully saturated rings. The Bertz CT molecular complexity index is 436. The average molecular weight is 231 g/mol. The van der Waals surface area contributed by atoms with Crippen LogP contribution in [0.3, 0.4) is 0 Å². The SMILES string of the molecule is Cc1ccc(CCNOCc2ccccc2)o1. The van der Waals surface area contributed by atoms with Crippen LogP contribution >= 0.6 is 0 Å². The summed E-state index contributed by atoms with van der Waals surface area (Å²) in [5, 5.41) is 0. The second-order valence-corrected chi connectivity index (χ2v) is 3.93. The third-order valence-corrected chi connectivity index (χ3v) is 2.45. The molecule has 0 atom stereocenters. The number of benzene rings is 1. The first-order valence-corrected chi connectivity index (χ1v) is 5.78. The van der Waals surface area contributed by atoms with Crippen LogP contribution in [-0.2, 0) is 17.9 Å². The van der Waals surface area contributed by atoms with E-state index in [-0.39, 0.29) is 0 Å². The summed E-state index contributed by atoms with van der Waals surface area (Å²) < 4.78 is 5.45. The Hall–Kier alpha value is -1.58. The number of nitrogens with one attached hydrogen (secondary N) is 1. The predicted molar refractivity (Wildman–Crippen MR) is 66.4 cm³/mol. The van der Waals surface area contributed by atoms with Crippen LogP contribution in [0.2, 0.25) is 0 Å². The molecule has 2 rings (SSSR count). The fourth-order valence-electron chi connectivity index (χ4n) is 1.57. The molecule has 1 heterocycles. The summed E-state index contributed by atoms with van der Waals surface area (Å²) in [5.41, 5.74) is 4.09. The number of hydrogen-bond acceptors (Lipinski definition) is 3. The van der Waals surface area contributed by atoms with Gasteiger partial charge >= 0.3 is 0 Å². The van der Waals surface area contributed by atoms with Crippen LogP contribution in [0.15, 0.2) is 46.9 Å². The lowest BCUT2D eigenvalue weighted by Gasteiger charge is -2.04. The van der Waals surface area contributed by atoms with Gasteiger partial charge in [0.25, 0.3) is 0 Å². The van der Waals surface area contributed by atoms with Crippen LogP contribution in [0.5, 0.6) is 0 Å². The molecule has 0 aliphatic heterocycles. The number of rotatable bonds is 6. The molecule has 3 nitrogen and oxygen atoms in total. The van der Waals surface area contributed by atoms with E-state index in [1.807, 2.05) is 49.4 Å². The van der Waals surface area contributed by atoms with Crippen molar-refractivity contribution in [2.45, 2.75) is 20.0 Å². The highest BCUT2D eigenvalue weighted by atomic mass is 16.6. The third-order valence-electron chi connectivity index (χ3n) is 2.45. The van der Waals surface area contributed by atoms with Crippen molar-refractivity contribution in [1.29, 1.82) is 0 Å². The Labute approximate surface area is 101 Å². The van der Waals surface area contributed by atoms with Gasteiger partial charge in [0.05, 0.1) is 6.61 Å². The van der Waals surface area contributed by atoms with E-state index in [0.717, 1.165) is 30.0 Å². The fourth-order valence-corrected chi connectivity index (χ4v) is 1.57. The van der Waals surface area contributed by atoms with Crippen molar-refractivity contribution in [3.05, 3.63) is 59.5 Å². The third kappa shape index (κ3) is 4.06. The summed E-state index contributed by atoms with van der Waals surface area (Å²) in [6.07, 6.45) is 0.836. The lowest BCUT2D eigenvalue weighted by molar-refractivity contribution is 0.0281. The lowest BCUT2D eigenvalue weighted by atomic mass is 10.2. The summed E-state index contributed by atoms with van der Waals surface area (Å²) >= 11 is 0. The van der Waals surface area contributed by atoms with Gasteiger partial charge in [-0.1, -0.05) is 30.3 Å². The van der Waals surface area contributed by atoms with Crippen molar-refractivity contribution < 1.29 is 9.25 Å². The van der Waals surface area contributed by atoms with E-state index in [1.165, 1.54) is 0 Å². The molecule has 0 saturated carbocycles. The molecule has 17 heavy (non-hydrogen) atoms. The largest absolute Gasteiger partial charge is 0.466 e. The Morgan fingerprint density at radius 2 is 1.94 bits per heavy atom. The van der Waals surface area contributed by atoms with Crippen LogP contribution in [0.1, 0.15) is 17.1 Å². The minimum atomic E-state index is 0.581. The minimum absolute atomic E-state index is 0.581. The maximum absolute atomic E-state index is 5.45. The number of furan rings is 1. The van der Waals surface area contributed by atoms with Gasteiger partial charge in [0.15, 0.2) is 0 Å². The number of aryl methyl sites for hydroxylation is 1. The number of hydrogen-bond donors (Lipinski definition) is 1. The first kappa shape index (κ1) is 11.9. The molecule has 0 bridgehead atoms. The van der Waals surface area contributed by atoms with Crippen molar-refractivity contribution >= 4 is 0 Å². The van der Waals surface area contributed by atoms with Gasteiger partial charge in [0, 0.05) is 13.0 Å². The molecule has 0 spiro atoms. The van der Waals surface area contributed by atoms with Crippen molar-refractivity contribution in [1.82, 2.24) is 5.48 Å². The Balaban J connectivity index is 1.61. The van der Waals surface area contributed by atoms with Crippen molar-refractivity contribution in [3.8, 4) is 0 Å². The molecule has 0 unspecified atom stereocenters. The Kier molecular flexibility index (Phi) is 4.36. The number of hydroxylamine groups is 1. The zero-order valence-corrected chi connectivity index (χ0v) is 9.98. The summed E-state index contributed by atoms with van der Waals surface area (Å²) in [7, 11) is 0. The first-order chi connectivity index (χ1) is 8.34. The summed E-state index contributed by atoms with van der Waals surface area (Å²) in [5.74, 6) is 1.93. The van der Waals surface area contributed by atoms with E-state index in [4.69, 9.17) is 9.25 Å². The zero-order valence-electron chi connectivity index (χ0n) is 9.98. The molecular weight excluding hydrogens is 214 g/mol. The Morgan fingerprint density at radius 3 is 2.65 bits per heavy atom. The molecule has 0 amide bonds. The van der Waals surface area contributed by atoms with Crippen LogP contribution in [0.25, 0.3) is 0 Å². The smallest absolute Gasteiger partial charge is 0.105 e. The minimum Gasteiger partial charge on any atom is -0.466 e. The van der Waals surface area contributed by atoms with E-state index in [9.17, 15) is 0 Å². The highest BCUT2D eigenvalue weighted by Gasteiger charge is 1.98. The van der Waals surface area contributed by atoms with E-state index in [1.54, 1.807) is 0 Å². The molecule has 0 saturated heterocycles. The fraction of sp³-hybridized carbons (Fsp3) is 0.286. The molecule has 0 aliphatic rings. The molecule has 90 valence electrons. The van der Waals surface area contributed by atoms with E-state index in [0.29, 0.717) is 6.61 Å². The standard InChI is InChI=1S/C14H17NO2/c1-12-7-8-14(17-12)9-10-15-16-11-13-5-3-2-4-6-13/h2-8,15H,9-11H2,1H3. The maximum Gasteiger partial charge on any atom is 0.105 e. The second kappa shape index (κ2) is 6.23. The van der Waals surface area contributed by atoms with Gasteiger partial charge in [0.1, 0.15) is 11.5 Å². The molecular formula is C14H17NO2. The van der Waals surface area contributed by atoms with Gasteiger partial charge in [-0.15, -0.1) is 0 Å². The van der Waals surface area contributed by atoms with Gasteiger partial charge in [-0.25, -0.2) is 5.48 Å². The molecule has 3 heteroatoms. The van der Waals surface area contributed by atoms with Gasteiger partial charge < -0.3 is 4.42 Å². The lowest BCUT2D eigenvalue weighted by Crippen LogP contribution is -2.17. The average Bonchev–Trinajstić information content (AvgIpc) is 2.76. The first-order valence-electron chi connectivity index (χ1n) is 5.78. The maximum atomic E-state index is 5.45. The quantitative estimate of drug-likeness (QED) is 0.613. The van der Waals surface area contributed by atoms with Crippen molar-refractivity contribution in [2.75, 3.05) is 6.54 Å². The highest BCUT2D eigenvalue weighted by Crippen LogP contribution is 2.06. The van der Waals surface area contributed by atoms with Crippen LogP contribution in [0.4, 0.5) is 0 Å². The van der Waals surface area contributed by atoms with E-state index >= 15 is 0 Å². The van der Waals surface area contributed by atoms with Crippen molar-refractivity contribution in [3.63, 3.8) is 0 Å². The Morgan fingerprint density at radius 1 is 1.12 bits per heavy atom. The topological polar surface area (TPSA) is 34.4 Å². The van der Waals surface area contributed by atoms with Gasteiger partial charge in [-0.2, -0.15) is 0 Å². The van der Waals surface area contributed by atoms with Gasteiger partial charge in [-0.05, 0) is 24.6 Å². The van der Waals surface area contributed by atoms with Crippen LogP contribution in [-0.4, -0.2) is 6.54 Å². The summed E-state index contributed by atoms with van der Waals surface area (Å²) in [4.78, 5) is 5.36. The monoisotopic (exact) mass is 231 g/mol. The summed E-state index contributed by atoms with van der Waals surface area (Å²) in [6.45, 7) is 3.28. The summed E-state index contributed by atoms with van der Waals surface area (Å²) in [6, 6.07) is 14.0. The zero-order chi connectivity index (χ0) is 11.9. The molecule has 1 aromatic heterocycles. The molecule has 0 radical (unpaired) electrons. The molecule has 0 aliphatic carbocycles. The van der Waals surface area contributed by atoms with E-state index < -0.39 is 0 Å².